The molecule has 0 fully saturated rings. The molecule has 3 nitrogen and oxygen atoms in total. The fourth-order valence-corrected chi connectivity index (χ4v) is 2.52. The fourth-order valence-electron chi connectivity index (χ4n) is 2.40. The molecule has 4 heteroatoms. The van der Waals surface area contributed by atoms with Crippen LogP contribution in [0.3, 0.4) is 0 Å². The van der Waals surface area contributed by atoms with E-state index in [-0.39, 0.29) is 11.9 Å². The Labute approximate surface area is 136 Å². The van der Waals surface area contributed by atoms with Gasteiger partial charge in [0.05, 0.1) is 0 Å². The summed E-state index contributed by atoms with van der Waals surface area (Å²) in [5, 5.41) is 3.74. The Bertz CT molecular complexity index is 596. The molecule has 0 spiro atoms. The van der Waals surface area contributed by atoms with Crippen LogP contribution in [0.25, 0.3) is 0 Å². The predicted molar refractivity (Wildman–Crippen MR) is 91.0 cm³/mol. The lowest BCUT2D eigenvalue weighted by molar-refractivity contribution is -0.125. The van der Waals surface area contributed by atoms with Crippen LogP contribution in [-0.2, 0) is 11.2 Å². The van der Waals surface area contributed by atoms with E-state index in [0.29, 0.717) is 6.54 Å². The molecule has 0 bridgehead atoms. The minimum absolute atomic E-state index is 0.0187. The molecule has 2 aromatic carbocycles. The van der Waals surface area contributed by atoms with Crippen LogP contribution in [0, 0.1) is 0 Å². The van der Waals surface area contributed by atoms with Crippen molar-refractivity contribution in [2.75, 3.05) is 20.6 Å². The quantitative estimate of drug-likeness (QED) is 0.887. The third kappa shape index (κ3) is 4.58. The van der Waals surface area contributed by atoms with E-state index in [1.807, 2.05) is 73.6 Å². The van der Waals surface area contributed by atoms with Crippen LogP contribution in [0.2, 0.25) is 5.02 Å². The van der Waals surface area contributed by atoms with Crippen LogP contribution in [0.4, 0.5) is 0 Å². The first-order valence-electron chi connectivity index (χ1n) is 7.31. The summed E-state index contributed by atoms with van der Waals surface area (Å²) >= 11 is 5.87. The molecule has 2 aromatic rings. The van der Waals surface area contributed by atoms with Crippen LogP contribution in [0.1, 0.15) is 17.2 Å². The second-order valence-corrected chi connectivity index (χ2v) is 5.88. The van der Waals surface area contributed by atoms with E-state index in [4.69, 9.17) is 11.6 Å². The second kappa shape index (κ2) is 7.97. The van der Waals surface area contributed by atoms with E-state index in [9.17, 15) is 4.79 Å². The standard InChI is InChI=1S/C18H21ClN2O/c1-21(2)17(15-6-4-3-5-7-15)18(22)20-13-12-14-8-10-16(19)11-9-14/h3-11,17H,12-13H2,1-2H3,(H,20,22)/t17-/m1/s1. The highest BCUT2D eigenvalue weighted by molar-refractivity contribution is 6.30. The minimum atomic E-state index is -0.272. The molecule has 0 aromatic heterocycles. The van der Waals surface area contributed by atoms with Crippen LogP contribution in [-0.4, -0.2) is 31.4 Å². The van der Waals surface area contributed by atoms with Crippen molar-refractivity contribution < 1.29 is 4.79 Å². The number of carbonyl (C=O) groups excluding carboxylic acids is 1. The molecule has 0 heterocycles. The summed E-state index contributed by atoms with van der Waals surface area (Å²) in [7, 11) is 3.83. The first kappa shape index (κ1) is 16.5. The van der Waals surface area contributed by atoms with Crippen molar-refractivity contribution in [3.05, 3.63) is 70.7 Å². The highest BCUT2D eigenvalue weighted by atomic mass is 35.5. The SMILES string of the molecule is CN(C)[C@@H](C(=O)NCCc1ccc(Cl)cc1)c1ccccc1. The topological polar surface area (TPSA) is 32.3 Å². The summed E-state index contributed by atoms with van der Waals surface area (Å²) < 4.78 is 0. The zero-order valence-electron chi connectivity index (χ0n) is 12.9. The smallest absolute Gasteiger partial charge is 0.241 e. The Kier molecular flexibility index (Phi) is 5.99. The first-order chi connectivity index (χ1) is 10.6. The van der Waals surface area contributed by atoms with E-state index in [1.165, 1.54) is 0 Å². The number of hydrogen-bond donors (Lipinski definition) is 1. The largest absolute Gasteiger partial charge is 0.354 e. The maximum atomic E-state index is 12.5. The molecule has 0 unspecified atom stereocenters. The number of likely N-dealkylation sites (N-methyl/N-ethyl adjacent to an activating group) is 1. The maximum Gasteiger partial charge on any atom is 0.241 e. The monoisotopic (exact) mass is 316 g/mol. The molecule has 0 radical (unpaired) electrons. The van der Waals surface area contributed by atoms with Crippen LogP contribution in [0.15, 0.2) is 54.6 Å². The number of nitrogens with one attached hydrogen (secondary N) is 1. The number of carbonyl (C=O) groups is 1. The Balaban J connectivity index is 1.93. The van der Waals surface area contributed by atoms with Crippen LogP contribution < -0.4 is 5.32 Å². The van der Waals surface area contributed by atoms with E-state index in [2.05, 4.69) is 5.32 Å². The van der Waals surface area contributed by atoms with Crippen molar-refractivity contribution in [2.45, 2.75) is 12.5 Å². The molecule has 1 atom stereocenters. The lowest BCUT2D eigenvalue weighted by Crippen LogP contribution is -2.37. The van der Waals surface area contributed by atoms with Gasteiger partial charge in [-0.25, -0.2) is 0 Å². The molecule has 0 aliphatic carbocycles. The maximum absolute atomic E-state index is 12.5. The number of hydrogen-bond acceptors (Lipinski definition) is 2. The Morgan fingerprint density at radius 3 is 2.32 bits per heavy atom. The third-order valence-corrected chi connectivity index (χ3v) is 3.76. The Morgan fingerprint density at radius 1 is 1.09 bits per heavy atom. The lowest BCUT2D eigenvalue weighted by Gasteiger charge is -2.23. The van der Waals surface area contributed by atoms with Gasteiger partial charge < -0.3 is 5.32 Å². The predicted octanol–water partition coefficient (Wildman–Crippen LogP) is 3.30. The summed E-state index contributed by atoms with van der Waals surface area (Å²) in [5.41, 5.74) is 2.15. The van der Waals surface area contributed by atoms with Gasteiger partial charge in [0.25, 0.3) is 0 Å². The molecule has 1 N–H and O–H groups in total. The molecule has 0 aliphatic heterocycles. The van der Waals surface area contributed by atoms with E-state index >= 15 is 0 Å². The van der Waals surface area contributed by atoms with Gasteiger partial charge >= 0.3 is 0 Å². The Morgan fingerprint density at radius 2 is 1.73 bits per heavy atom. The molecule has 2 rings (SSSR count). The first-order valence-corrected chi connectivity index (χ1v) is 7.69. The molecule has 22 heavy (non-hydrogen) atoms. The minimum Gasteiger partial charge on any atom is -0.354 e. The zero-order chi connectivity index (χ0) is 15.9. The number of rotatable bonds is 6. The number of nitrogens with zero attached hydrogens (tertiary/aromatic N) is 1. The molecular formula is C18H21ClN2O. The van der Waals surface area contributed by atoms with Gasteiger partial charge in [-0.05, 0) is 43.8 Å². The van der Waals surface area contributed by atoms with Crippen molar-refractivity contribution in [3.8, 4) is 0 Å². The number of halogens is 1. The number of benzene rings is 2. The fraction of sp³-hybridized carbons (Fsp3) is 0.278. The summed E-state index contributed by atoms with van der Waals surface area (Å²) in [6.45, 7) is 0.609. The van der Waals surface area contributed by atoms with Gasteiger partial charge in [-0.2, -0.15) is 0 Å². The van der Waals surface area contributed by atoms with Crippen LogP contribution >= 0.6 is 11.6 Å². The molecule has 0 saturated heterocycles. The average Bonchev–Trinajstić information content (AvgIpc) is 2.50. The molecule has 1 amide bonds. The lowest BCUT2D eigenvalue weighted by atomic mass is 10.1. The van der Waals surface area contributed by atoms with E-state index in [1.54, 1.807) is 0 Å². The summed E-state index contributed by atoms with van der Waals surface area (Å²) in [5.74, 6) is 0.0187. The molecular weight excluding hydrogens is 296 g/mol. The van der Waals surface area contributed by atoms with Gasteiger partial charge in [-0.15, -0.1) is 0 Å². The summed E-state index contributed by atoms with van der Waals surface area (Å²) in [4.78, 5) is 14.4. The summed E-state index contributed by atoms with van der Waals surface area (Å²) in [6.07, 6.45) is 0.790. The van der Waals surface area contributed by atoms with Crippen molar-refractivity contribution in [3.63, 3.8) is 0 Å². The van der Waals surface area contributed by atoms with Gasteiger partial charge in [0.2, 0.25) is 5.91 Å². The van der Waals surface area contributed by atoms with Gasteiger partial charge in [0.1, 0.15) is 6.04 Å². The van der Waals surface area contributed by atoms with Crippen molar-refractivity contribution in [1.29, 1.82) is 0 Å². The highest BCUT2D eigenvalue weighted by Crippen LogP contribution is 2.18. The molecule has 116 valence electrons. The Hall–Kier alpha value is -1.84. The van der Waals surface area contributed by atoms with Gasteiger partial charge in [-0.1, -0.05) is 54.1 Å². The van der Waals surface area contributed by atoms with Gasteiger partial charge in [0, 0.05) is 11.6 Å². The van der Waals surface area contributed by atoms with E-state index in [0.717, 1.165) is 22.6 Å². The highest BCUT2D eigenvalue weighted by Gasteiger charge is 2.21. The van der Waals surface area contributed by atoms with E-state index < -0.39 is 0 Å². The molecule has 0 aliphatic rings. The van der Waals surface area contributed by atoms with Gasteiger partial charge in [0.15, 0.2) is 0 Å². The van der Waals surface area contributed by atoms with Crippen molar-refractivity contribution in [2.24, 2.45) is 0 Å². The van der Waals surface area contributed by atoms with Crippen molar-refractivity contribution in [1.82, 2.24) is 10.2 Å². The third-order valence-electron chi connectivity index (χ3n) is 3.51. The second-order valence-electron chi connectivity index (χ2n) is 5.44. The molecule has 0 saturated carbocycles. The van der Waals surface area contributed by atoms with Crippen molar-refractivity contribution >= 4 is 17.5 Å². The summed E-state index contributed by atoms with van der Waals surface area (Å²) in [6, 6.07) is 17.2. The zero-order valence-corrected chi connectivity index (χ0v) is 13.7. The van der Waals surface area contributed by atoms with Gasteiger partial charge in [-0.3, -0.25) is 9.69 Å². The normalized spacial score (nSPS) is 12.2. The van der Waals surface area contributed by atoms with Crippen LogP contribution in [0.5, 0.6) is 0 Å². The average molecular weight is 317 g/mol. The number of amides is 1.